The molecule has 0 aliphatic rings. The van der Waals surface area contributed by atoms with Gasteiger partial charge in [0.05, 0.1) is 12.2 Å². The molecule has 0 saturated carbocycles. The van der Waals surface area contributed by atoms with Crippen molar-refractivity contribution in [2.75, 3.05) is 13.2 Å². The minimum Gasteiger partial charge on any atom is -0.378 e. The standard InChI is InChI=1S/C19H27O4Si/c1-5-9-14-21-15-16-22-23-19(20)17-10-12-18(13-11-17)24(6-2,7-3)8-4/h6-7,10-13,16H,2-3,5,8-9,14-15H2,1,4H3. The van der Waals surface area contributed by atoms with Gasteiger partial charge in [-0.3, -0.25) is 4.89 Å². The minimum atomic E-state index is -1.88. The zero-order valence-electron chi connectivity index (χ0n) is 14.6. The maximum Gasteiger partial charge on any atom is 0.373 e. The predicted octanol–water partition coefficient (Wildman–Crippen LogP) is 3.88. The molecule has 1 aromatic rings. The highest BCUT2D eigenvalue weighted by Crippen LogP contribution is 2.13. The van der Waals surface area contributed by atoms with Crippen molar-refractivity contribution < 1.29 is 19.3 Å². The molecule has 0 aromatic heterocycles. The Balaban J connectivity index is 2.49. The molecule has 0 amide bonds. The topological polar surface area (TPSA) is 44.8 Å². The van der Waals surface area contributed by atoms with Crippen LogP contribution in [0, 0.1) is 6.61 Å². The van der Waals surface area contributed by atoms with Crippen molar-refractivity contribution in [3.63, 3.8) is 0 Å². The number of benzene rings is 1. The second-order valence-electron chi connectivity index (χ2n) is 5.44. The Kier molecular flexibility index (Phi) is 9.30. The number of rotatable bonds is 12. The summed E-state index contributed by atoms with van der Waals surface area (Å²) < 4.78 is 5.27. The Morgan fingerprint density at radius 3 is 2.38 bits per heavy atom. The Hall–Kier alpha value is -1.69. The van der Waals surface area contributed by atoms with E-state index in [1.807, 2.05) is 23.5 Å². The van der Waals surface area contributed by atoms with Crippen LogP contribution in [0.3, 0.4) is 0 Å². The molecule has 5 heteroatoms. The number of ether oxygens (including phenoxy) is 1. The van der Waals surface area contributed by atoms with Gasteiger partial charge < -0.3 is 4.74 Å². The summed E-state index contributed by atoms with van der Waals surface area (Å²) in [7, 11) is -1.88. The molecule has 0 aliphatic heterocycles. The highest BCUT2D eigenvalue weighted by molar-refractivity contribution is 6.99. The van der Waals surface area contributed by atoms with Crippen LogP contribution >= 0.6 is 0 Å². The van der Waals surface area contributed by atoms with Crippen LogP contribution in [0.4, 0.5) is 0 Å². The van der Waals surface area contributed by atoms with Crippen LogP contribution in [0.1, 0.15) is 37.0 Å². The van der Waals surface area contributed by atoms with Gasteiger partial charge in [0.25, 0.3) is 0 Å². The molecule has 0 aliphatic carbocycles. The van der Waals surface area contributed by atoms with E-state index in [1.165, 1.54) is 11.8 Å². The summed E-state index contributed by atoms with van der Waals surface area (Å²) in [6, 6.07) is 8.34. The molecule has 24 heavy (non-hydrogen) atoms. The average Bonchev–Trinajstić information content (AvgIpc) is 2.63. The van der Waals surface area contributed by atoms with Crippen LogP contribution in [0.25, 0.3) is 0 Å². The quantitative estimate of drug-likeness (QED) is 0.249. The van der Waals surface area contributed by atoms with E-state index in [0.717, 1.165) is 18.9 Å². The monoisotopic (exact) mass is 347 g/mol. The summed E-state index contributed by atoms with van der Waals surface area (Å²) in [5, 5.41) is 1.17. The molecule has 0 heterocycles. The number of carbonyl (C=O) groups is 1. The molecular formula is C19H27O4Si. The fraction of sp³-hybridized carbons (Fsp3) is 0.368. The van der Waals surface area contributed by atoms with Crippen molar-refractivity contribution in [1.82, 2.24) is 0 Å². The Morgan fingerprint density at radius 1 is 1.17 bits per heavy atom. The summed E-state index contributed by atoms with van der Waals surface area (Å²) in [5.41, 5.74) is 4.44. The van der Waals surface area contributed by atoms with Crippen molar-refractivity contribution in [1.29, 1.82) is 0 Å². The summed E-state index contributed by atoms with van der Waals surface area (Å²) in [6.45, 7) is 14.4. The first-order valence-electron chi connectivity index (χ1n) is 8.28. The van der Waals surface area contributed by atoms with Crippen LogP contribution in [-0.2, 0) is 14.5 Å². The Morgan fingerprint density at radius 2 is 1.83 bits per heavy atom. The lowest BCUT2D eigenvalue weighted by atomic mass is 10.2. The largest absolute Gasteiger partial charge is 0.378 e. The van der Waals surface area contributed by atoms with Crippen LogP contribution in [0.5, 0.6) is 0 Å². The molecular weight excluding hydrogens is 320 g/mol. The van der Waals surface area contributed by atoms with Crippen LogP contribution in [0.15, 0.2) is 48.8 Å². The normalized spacial score (nSPS) is 11.1. The van der Waals surface area contributed by atoms with Gasteiger partial charge in [0, 0.05) is 6.61 Å². The van der Waals surface area contributed by atoms with Gasteiger partial charge in [-0.15, -0.1) is 13.2 Å². The van der Waals surface area contributed by atoms with E-state index >= 15 is 0 Å². The maximum absolute atomic E-state index is 11.9. The number of unbranched alkanes of at least 4 members (excludes halogenated alkanes) is 1. The first-order valence-corrected chi connectivity index (χ1v) is 10.6. The predicted molar refractivity (Wildman–Crippen MR) is 99.2 cm³/mol. The molecule has 4 nitrogen and oxygen atoms in total. The molecule has 1 aromatic carbocycles. The third-order valence-corrected chi connectivity index (χ3v) is 8.03. The molecule has 0 unspecified atom stereocenters. The van der Waals surface area contributed by atoms with Crippen LogP contribution < -0.4 is 5.19 Å². The molecule has 0 bridgehead atoms. The SMILES string of the molecule is C=C[Si](C=C)(CC)c1ccc(C(=O)OO[CH]COCCCC)cc1. The van der Waals surface area contributed by atoms with Gasteiger partial charge in [-0.05, 0) is 24.6 Å². The fourth-order valence-electron chi connectivity index (χ4n) is 2.26. The number of carbonyl (C=O) groups excluding carboxylic acids is 1. The molecule has 0 fully saturated rings. The van der Waals surface area contributed by atoms with Gasteiger partial charge in [-0.25, -0.2) is 4.79 Å². The molecule has 1 rings (SSSR count). The number of hydrogen-bond acceptors (Lipinski definition) is 4. The average molecular weight is 348 g/mol. The molecule has 1 radical (unpaired) electrons. The van der Waals surface area contributed by atoms with E-state index in [1.54, 1.807) is 12.1 Å². The lowest BCUT2D eigenvalue weighted by molar-refractivity contribution is -0.218. The van der Waals surface area contributed by atoms with Crippen molar-refractivity contribution in [2.45, 2.75) is 32.7 Å². The van der Waals surface area contributed by atoms with Gasteiger partial charge in [0.1, 0.15) is 8.07 Å². The second kappa shape index (κ2) is 11.0. The maximum atomic E-state index is 11.9. The van der Waals surface area contributed by atoms with Gasteiger partial charge in [0.15, 0.2) is 6.61 Å². The molecule has 0 atom stereocenters. The van der Waals surface area contributed by atoms with E-state index in [4.69, 9.17) is 14.5 Å². The fourth-order valence-corrected chi connectivity index (χ4v) is 4.67. The van der Waals surface area contributed by atoms with Gasteiger partial charge in [0.2, 0.25) is 0 Å². The molecule has 0 N–H and O–H groups in total. The summed E-state index contributed by atoms with van der Waals surface area (Å²) in [6.07, 6.45) is 2.07. The number of hydrogen-bond donors (Lipinski definition) is 0. The van der Waals surface area contributed by atoms with E-state index in [2.05, 4.69) is 27.0 Å². The van der Waals surface area contributed by atoms with E-state index in [-0.39, 0.29) is 6.61 Å². The summed E-state index contributed by atoms with van der Waals surface area (Å²) in [4.78, 5) is 21.4. The zero-order chi connectivity index (χ0) is 17.8. The Labute approximate surface area is 146 Å². The smallest absolute Gasteiger partial charge is 0.373 e. The molecule has 131 valence electrons. The third kappa shape index (κ3) is 5.74. The lowest BCUT2D eigenvalue weighted by Gasteiger charge is -2.23. The van der Waals surface area contributed by atoms with Crippen molar-refractivity contribution in [3.05, 3.63) is 61.0 Å². The van der Waals surface area contributed by atoms with Crippen molar-refractivity contribution in [3.8, 4) is 0 Å². The van der Waals surface area contributed by atoms with Crippen LogP contribution in [-0.4, -0.2) is 27.3 Å². The zero-order valence-corrected chi connectivity index (χ0v) is 15.6. The van der Waals surface area contributed by atoms with Gasteiger partial charge in [-0.2, -0.15) is 4.89 Å². The van der Waals surface area contributed by atoms with Crippen LogP contribution in [0.2, 0.25) is 6.04 Å². The highest BCUT2D eigenvalue weighted by Gasteiger charge is 2.26. The third-order valence-electron chi connectivity index (χ3n) is 3.99. The van der Waals surface area contributed by atoms with Gasteiger partial charge >= 0.3 is 5.97 Å². The van der Waals surface area contributed by atoms with Crippen molar-refractivity contribution >= 4 is 19.2 Å². The minimum absolute atomic E-state index is 0.287. The van der Waals surface area contributed by atoms with E-state index < -0.39 is 14.0 Å². The first-order chi connectivity index (χ1) is 11.6. The molecule has 0 saturated heterocycles. The van der Waals surface area contributed by atoms with E-state index in [0.29, 0.717) is 12.2 Å². The lowest BCUT2D eigenvalue weighted by Crippen LogP contribution is -2.43. The highest BCUT2D eigenvalue weighted by atomic mass is 28.3. The first kappa shape index (κ1) is 20.4. The van der Waals surface area contributed by atoms with E-state index in [9.17, 15) is 4.79 Å². The van der Waals surface area contributed by atoms with Gasteiger partial charge in [-0.1, -0.05) is 49.0 Å². The Bertz CT molecular complexity index is 517. The summed E-state index contributed by atoms with van der Waals surface area (Å²) in [5.74, 6) is -0.535. The van der Waals surface area contributed by atoms with Crippen molar-refractivity contribution in [2.24, 2.45) is 0 Å². The second-order valence-corrected chi connectivity index (χ2v) is 9.62. The summed E-state index contributed by atoms with van der Waals surface area (Å²) >= 11 is 0. The molecule has 0 spiro atoms.